The number of amides is 2. The van der Waals surface area contributed by atoms with Gasteiger partial charge in [0, 0.05) is 52.1 Å². The Morgan fingerprint density at radius 2 is 2.22 bits per heavy atom. The minimum atomic E-state index is -0.158. The highest BCUT2D eigenvalue weighted by Crippen LogP contribution is 2.18. The van der Waals surface area contributed by atoms with Gasteiger partial charge >= 0.3 is 0 Å². The molecule has 1 N–H and O–H groups in total. The van der Waals surface area contributed by atoms with Gasteiger partial charge in [-0.3, -0.25) is 14.5 Å². The molecule has 2 rings (SSSR count). The van der Waals surface area contributed by atoms with E-state index in [1.807, 2.05) is 7.05 Å². The van der Waals surface area contributed by atoms with Crippen LogP contribution in [-0.2, 0) is 14.3 Å². The smallest absolute Gasteiger partial charge is 0.223 e. The molecule has 6 nitrogen and oxygen atoms in total. The number of rotatable bonds is 5. The van der Waals surface area contributed by atoms with Gasteiger partial charge in [-0.25, -0.2) is 0 Å². The molecule has 0 aromatic heterocycles. The van der Waals surface area contributed by atoms with Crippen molar-refractivity contribution in [2.24, 2.45) is 5.92 Å². The van der Waals surface area contributed by atoms with E-state index >= 15 is 0 Å². The first kappa shape index (κ1) is 18.2. The summed E-state index contributed by atoms with van der Waals surface area (Å²) < 4.78 is 5.71. The first-order valence-electron chi connectivity index (χ1n) is 8.75. The molecule has 1 atom stereocenters. The number of morpholine rings is 1. The summed E-state index contributed by atoms with van der Waals surface area (Å²) in [5.41, 5.74) is -0.112. The standard InChI is InChI=1S/C17H31N3O3/c1-17(2)13-20(10-11-23-17)9-8-19(3)15(21)12-14-6-4-5-7-18-16(14)22/h14H,4-13H2,1-3H3,(H,18,22). The molecule has 2 fully saturated rings. The fourth-order valence-corrected chi connectivity index (χ4v) is 3.29. The summed E-state index contributed by atoms with van der Waals surface area (Å²) in [5.74, 6) is -0.0477. The lowest BCUT2D eigenvalue weighted by Crippen LogP contribution is -2.50. The zero-order valence-corrected chi connectivity index (χ0v) is 14.8. The number of carbonyl (C=O) groups is 2. The lowest BCUT2D eigenvalue weighted by Gasteiger charge is -2.38. The molecule has 2 saturated heterocycles. The normalized spacial score (nSPS) is 25.5. The van der Waals surface area contributed by atoms with Crippen LogP contribution in [0.2, 0.25) is 0 Å². The molecule has 2 heterocycles. The van der Waals surface area contributed by atoms with Gasteiger partial charge in [0.15, 0.2) is 0 Å². The Bertz CT molecular complexity index is 425. The highest BCUT2D eigenvalue weighted by molar-refractivity contribution is 5.85. The first-order chi connectivity index (χ1) is 10.9. The second-order valence-corrected chi connectivity index (χ2v) is 7.39. The molecule has 0 aromatic carbocycles. The minimum absolute atomic E-state index is 0.0409. The molecular weight excluding hydrogens is 294 g/mol. The van der Waals surface area contributed by atoms with Gasteiger partial charge in [0.05, 0.1) is 12.2 Å². The highest BCUT2D eigenvalue weighted by atomic mass is 16.5. The third-order valence-electron chi connectivity index (χ3n) is 4.75. The van der Waals surface area contributed by atoms with Crippen molar-refractivity contribution in [1.82, 2.24) is 15.1 Å². The van der Waals surface area contributed by atoms with E-state index in [4.69, 9.17) is 4.74 Å². The Morgan fingerprint density at radius 3 is 2.96 bits per heavy atom. The second-order valence-electron chi connectivity index (χ2n) is 7.39. The summed E-state index contributed by atoms with van der Waals surface area (Å²) in [7, 11) is 1.84. The van der Waals surface area contributed by atoms with Crippen LogP contribution in [0, 0.1) is 5.92 Å². The van der Waals surface area contributed by atoms with Crippen LogP contribution >= 0.6 is 0 Å². The summed E-state index contributed by atoms with van der Waals surface area (Å²) in [6.45, 7) is 9.03. The van der Waals surface area contributed by atoms with Gasteiger partial charge in [0.25, 0.3) is 0 Å². The number of hydrogen-bond acceptors (Lipinski definition) is 4. The van der Waals surface area contributed by atoms with E-state index in [0.29, 0.717) is 13.0 Å². The number of nitrogens with zero attached hydrogens (tertiary/aromatic N) is 2. The molecule has 2 aliphatic rings. The number of likely N-dealkylation sites (N-methyl/N-ethyl adjacent to an activating group) is 1. The van der Waals surface area contributed by atoms with E-state index in [-0.39, 0.29) is 23.3 Å². The molecular formula is C17H31N3O3. The van der Waals surface area contributed by atoms with Gasteiger partial charge in [0.2, 0.25) is 11.8 Å². The van der Waals surface area contributed by atoms with Gasteiger partial charge in [-0.15, -0.1) is 0 Å². The summed E-state index contributed by atoms with van der Waals surface area (Å²) in [5, 5.41) is 2.90. The van der Waals surface area contributed by atoms with Crippen molar-refractivity contribution in [1.29, 1.82) is 0 Å². The molecule has 0 aromatic rings. The van der Waals surface area contributed by atoms with Crippen molar-refractivity contribution in [2.75, 3.05) is 46.4 Å². The molecule has 2 aliphatic heterocycles. The van der Waals surface area contributed by atoms with Crippen LogP contribution in [0.3, 0.4) is 0 Å². The Balaban J connectivity index is 1.75. The fourth-order valence-electron chi connectivity index (χ4n) is 3.29. The molecule has 23 heavy (non-hydrogen) atoms. The van der Waals surface area contributed by atoms with Crippen LogP contribution in [0.5, 0.6) is 0 Å². The van der Waals surface area contributed by atoms with Gasteiger partial charge in [-0.2, -0.15) is 0 Å². The van der Waals surface area contributed by atoms with Crippen LogP contribution in [-0.4, -0.2) is 73.6 Å². The predicted octanol–water partition coefficient (Wildman–Crippen LogP) is 0.862. The van der Waals surface area contributed by atoms with E-state index < -0.39 is 0 Å². The molecule has 2 amide bonds. The number of ether oxygens (including phenoxy) is 1. The quantitative estimate of drug-likeness (QED) is 0.814. The maximum atomic E-state index is 12.4. The molecule has 132 valence electrons. The van der Waals surface area contributed by atoms with Gasteiger partial charge in [-0.05, 0) is 26.7 Å². The van der Waals surface area contributed by atoms with Crippen LogP contribution in [0.25, 0.3) is 0 Å². The molecule has 0 radical (unpaired) electrons. The Morgan fingerprint density at radius 1 is 1.43 bits per heavy atom. The summed E-state index contributed by atoms with van der Waals surface area (Å²) in [6, 6.07) is 0. The summed E-state index contributed by atoms with van der Waals surface area (Å²) in [6.07, 6.45) is 3.18. The van der Waals surface area contributed by atoms with E-state index in [1.165, 1.54) is 0 Å². The number of hydrogen-bond donors (Lipinski definition) is 1. The van der Waals surface area contributed by atoms with E-state index in [9.17, 15) is 9.59 Å². The average molecular weight is 325 g/mol. The van der Waals surface area contributed by atoms with Crippen molar-refractivity contribution < 1.29 is 14.3 Å². The lowest BCUT2D eigenvalue weighted by atomic mass is 9.98. The van der Waals surface area contributed by atoms with Crippen molar-refractivity contribution >= 4 is 11.8 Å². The fraction of sp³-hybridized carbons (Fsp3) is 0.882. The SMILES string of the molecule is CN(CCN1CCOC(C)(C)C1)C(=O)CC1CCCCNC1=O. The minimum Gasteiger partial charge on any atom is -0.373 e. The highest BCUT2D eigenvalue weighted by Gasteiger charge is 2.28. The van der Waals surface area contributed by atoms with Crippen molar-refractivity contribution in [3.63, 3.8) is 0 Å². The monoisotopic (exact) mass is 325 g/mol. The van der Waals surface area contributed by atoms with Crippen LogP contribution in [0.4, 0.5) is 0 Å². The zero-order valence-electron chi connectivity index (χ0n) is 14.8. The molecule has 0 bridgehead atoms. The number of carbonyl (C=O) groups excluding carboxylic acids is 2. The molecule has 0 aliphatic carbocycles. The van der Waals surface area contributed by atoms with Gasteiger partial charge < -0.3 is 15.0 Å². The third kappa shape index (κ3) is 5.77. The molecule has 1 unspecified atom stereocenters. The van der Waals surface area contributed by atoms with E-state index in [1.54, 1.807) is 4.90 Å². The zero-order chi connectivity index (χ0) is 16.9. The van der Waals surface area contributed by atoms with E-state index in [0.717, 1.165) is 52.0 Å². The van der Waals surface area contributed by atoms with Crippen molar-refractivity contribution in [2.45, 2.75) is 45.1 Å². The maximum Gasteiger partial charge on any atom is 0.223 e. The van der Waals surface area contributed by atoms with Crippen molar-refractivity contribution in [3.8, 4) is 0 Å². The molecule has 0 spiro atoms. The Hall–Kier alpha value is -1.14. The largest absolute Gasteiger partial charge is 0.373 e. The Labute approximate surface area is 139 Å². The van der Waals surface area contributed by atoms with Crippen LogP contribution in [0.15, 0.2) is 0 Å². The van der Waals surface area contributed by atoms with Crippen LogP contribution < -0.4 is 5.32 Å². The van der Waals surface area contributed by atoms with Gasteiger partial charge in [-0.1, -0.05) is 6.42 Å². The topological polar surface area (TPSA) is 61.9 Å². The Kier molecular flexibility index (Phi) is 6.41. The molecule has 6 heteroatoms. The van der Waals surface area contributed by atoms with Crippen LogP contribution in [0.1, 0.15) is 39.5 Å². The number of nitrogens with one attached hydrogen (secondary N) is 1. The third-order valence-corrected chi connectivity index (χ3v) is 4.75. The predicted molar refractivity (Wildman–Crippen MR) is 89.1 cm³/mol. The van der Waals surface area contributed by atoms with Gasteiger partial charge in [0.1, 0.15) is 0 Å². The molecule has 0 saturated carbocycles. The average Bonchev–Trinajstić information content (AvgIpc) is 2.69. The first-order valence-corrected chi connectivity index (χ1v) is 8.75. The summed E-state index contributed by atoms with van der Waals surface area (Å²) >= 11 is 0. The summed E-state index contributed by atoms with van der Waals surface area (Å²) in [4.78, 5) is 28.4. The maximum absolute atomic E-state index is 12.4. The van der Waals surface area contributed by atoms with E-state index in [2.05, 4.69) is 24.1 Å². The second kappa shape index (κ2) is 8.11. The lowest BCUT2D eigenvalue weighted by molar-refractivity contribution is -0.135. The van der Waals surface area contributed by atoms with Crippen molar-refractivity contribution in [3.05, 3.63) is 0 Å².